The number of rotatable bonds is 3. The zero-order valence-corrected chi connectivity index (χ0v) is 11.0. The molecule has 0 aliphatic rings. The van der Waals surface area contributed by atoms with Gasteiger partial charge in [0, 0.05) is 23.2 Å². The molecule has 20 heavy (non-hydrogen) atoms. The van der Waals surface area contributed by atoms with E-state index >= 15 is 0 Å². The third-order valence-corrected chi connectivity index (χ3v) is 3.07. The fraction of sp³-hybridized carbons (Fsp3) is 0.0588. The maximum atomic E-state index is 11.2. The number of Topliss-reactive ketones (excluding diaryl/α,β-unsaturated/α-hetero) is 1. The average molecular weight is 263 g/mol. The Morgan fingerprint density at radius 1 is 1.00 bits per heavy atom. The van der Waals surface area contributed by atoms with Gasteiger partial charge in [-0.15, -0.1) is 0 Å². The van der Waals surface area contributed by atoms with Crippen LogP contribution in [0, 0.1) is 0 Å². The van der Waals surface area contributed by atoms with Crippen molar-refractivity contribution in [3.05, 3.63) is 66.4 Å². The first-order valence-corrected chi connectivity index (χ1v) is 6.36. The van der Waals surface area contributed by atoms with Crippen molar-refractivity contribution in [2.75, 3.05) is 0 Å². The van der Waals surface area contributed by atoms with Crippen LogP contribution >= 0.6 is 0 Å². The van der Waals surface area contributed by atoms with Crippen molar-refractivity contribution >= 4 is 16.7 Å². The maximum Gasteiger partial charge on any atom is 0.159 e. The van der Waals surface area contributed by atoms with Gasteiger partial charge in [-0.3, -0.25) is 9.78 Å². The Bertz CT molecular complexity index is 763. The Kier molecular flexibility index (Phi) is 3.17. The van der Waals surface area contributed by atoms with E-state index in [1.807, 2.05) is 30.3 Å². The van der Waals surface area contributed by atoms with Crippen molar-refractivity contribution in [2.45, 2.75) is 6.92 Å². The molecule has 3 aromatic rings. The van der Waals surface area contributed by atoms with Crippen molar-refractivity contribution in [2.24, 2.45) is 0 Å². The molecule has 0 aliphatic heterocycles. The van der Waals surface area contributed by atoms with E-state index in [4.69, 9.17) is 4.74 Å². The molecular formula is C17H13NO2. The summed E-state index contributed by atoms with van der Waals surface area (Å²) in [6, 6.07) is 16.8. The topological polar surface area (TPSA) is 39.2 Å². The van der Waals surface area contributed by atoms with Gasteiger partial charge < -0.3 is 4.74 Å². The van der Waals surface area contributed by atoms with Crippen LogP contribution in [0.2, 0.25) is 0 Å². The van der Waals surface area contributed by atoms with Crippen LogP contribution in [0.1, 0.15) is 17.3 Å². The molecule has 2 aromatic carbocycles. The quantitative estimate of drug-likeness (QED) is 0.664. The predicted octanol–water partition coefficient (Wildman–Crippen LogP) is 4.23. The number of pyridine rings is 1. The van der Waals surface area contributed by atoms with Gasteiger partial charge in [0.15, 0.2) is 5.78 Å². The Balaban J connectivity index is 1.87. The molecular weight excluding hydrogens is 250 g/mol. The molecule has 0 unspecified atom stereocenters. The molecule has 1 heterocycles. The molecule has 3 heteroatoms. The number of hydrogen-bond donors (Lipinski definition) is 0. The van der Waals surface area contributed by atoms with Crippen LogP contribution in [0.25, 0.3) is 10.9 Å². The summed E-state index contributed by atoms with van der Waals surface area (Å²) in [4.78, 5) is 15.5. The number of ketones is 1. The lowest BCUT2D eigenvalue weighted by Gasteiger charge is -2.07. The van der Waals surface area contributed by atoms with Crippen LogP contribution < -0.4 is 4.74 Å². The van der Waals surface area contributed by atoms with Crippen LogP contribution in [0.4, 0.5) is 0 Å². The number of benzene rings is 2. The Morgan fingerprint density at radius 2 is 1.75 bits per heavy atom. The standard InChI is InChI=1S/C17H13NO2/c1-12(19)13-4-7-15(8-5-13)20-16-9-6-14-3-2-10-18-17(14)11-16/h2-11H,1H3. The lowest BCUT2D eigenvalue weighted by Crippen LogP contribution is -1.91. The van der Waals surface area contributed by atoms with E-state index in [2.05, 4.69) is 4.98 Å². The van der Waals surface area contributed by atoms with E-state index in [0.29, 0.717) is 11.3 Å². The second-order valence-corrected chi connectivity index (χ2v) is 4.54. The fourth-order valence-corrected chi connectivity index (χ4v) is 2.00. The number of hydrogen-bond acceptors (Lipinski definition) is 3. The Hall–Kier alpha value is -2.68. The van der Waals surface area contributed by atoms with Crippen molar-refractivity contribution in [3.8, 4) is 11.5 Å². The number of carbonyl (C=O) groups excluding carboxylic acids is 1. The molecule has 0 aliphatic carbocycles. The van der Waals surface area contributed by atoms with Gasteiger partial charge in [0.1, 0.15) is 11.5 Å². The number of carbonyl (C=O) groups is 1. The van der Waals surface area contributed by atoms with Gasteiger partial charge in [0.25, 0.3) is 0 Å². The van der Waals surface area contributed by atoms with Crippen molar-refractivity contribution in [3.63, 3.8) is 0 Å². The minimum Gasteiger partial charge on any atom is -0.457 e. The van der Waals surface area contributed by atoms with Gasteiger partial charge in [-0.1, -0.05) is 6.07 Å². The van der Waals surface area contributed by atoms with Gasteiger partial charge in [-0.25, -0.2) is 0 Å². The first-order chi connectivity index (χ1) is 9.72. The molecule has 98 valence electrons. The third kappa shape index (κ3) is 2.52. The van der Waals surface area contributed by atoms with Crippen molar-refractivity contribution in [1.82, 2.24) is 4.98 Å². The van der Waals surface area contributed by atoms with E-state index in [1.54, 1.807) is 37.4 Å². The molecule has 0 saturated carbocycles. The highest BCUT2D eigenvalue weighted by atomic mass is 16.5. The maximum absolute atomic E-state index is 11.2. The molecule has 0 bridgehead atoms. The first kappa shape index (κ1) is 12.4. The molecule has 3 nitrogen and oxygen atoms in total. The lowest BCUT2D eigenvalue weighted by atomic mass is 10.1. The smallest absolute Gasteiger partial charge is 0.159 e. The van der Waals surface area contributed by atoms with Gasteiger partial charge in [0.2, 0.25) is 0 Å². The third-order valence-electron chi connectivity index (χ3n) is 3.07. The molecule has 0 amide bonds. The number of nitrogens with zero attached hydrogens (tertiary/aromatic N) is 1. The van der Waals surface area contributed by atoms with Gasteiger partial charge in [0.05, 0.1) is 5.52 Å². The van der Waals surface area contributed by atoms with E-state index < -0.39 is 0 Å². The molecule has 0 N–H and O–H groups in total. The highest BCUT2D eigenvalue weighted by Gasteiger charge is 2.02. The first-order valence-electron chi connectivity index (χ1n) is 6.36. The second-order valence-electron chi connectivity index (χ2n) is 4.54. The molecule has 0 spiro atoms. The summed E-state index contributed by atoms with van der Waals surface area (Å²) < 4.78 is 5.77. The Labute approximate surface area is 116 Å². The average Bonchev–Trinajstić information content (AvgIpc) is 2.48. The molecule has 0 atom stereocenters. The predicted molar refractivity (Wildman–Crippen MR) is 78.3 cm³/mol. The van der Waals surface area contributed by atoms with E-state index in [9.17, 15) is 4.79 Å². The van der Waals surface area contributed by atoms with Gasteiger partial charge in [-0.2, -0.15) is 0 Å². The van der Waals surface area contributed by atoms with E-state index in [1.165, 1.54) is 0 Å². The van der Waals surface area contributed by atoms with Gasteiger partial charge >= 0.3 is 0 Å². The van der Waals surface area contributed by atoms with Crippen LogP contribution in [0.3, 0.4) is 0 Å². The molecule has 0 saturated heterocycles. The van der Waals surface area contributed by atoms with E-state index in [-0.39, 0.29) is 5.78 Å². The summed E-state index contributed by atoms with van der Waals surface area (Å²) in [7, 11) is 0. The zero-order valence-electron chi connectivity index (χ0n) is 11.0. The summed E-state index contributed by atoms with van der Waals surface area (Å²) in [5, 5.41) is 1.08. The minimum atomic E-state index is 0.0476. The number of ether oxygens (including phenoxy) is 1. The van der Waals surface area contributed by atoms with Crippen molar-refractivity contribution < 1.29 is 9.53 Å². The summed E-state index contributed by atoms with van der Waals surface area (Å²) in [6.07, 6.45) is 1.76. The van der Waals surface area contributed by atoms with Crippen LogP contribution in [-0.4, -0.2) is 10.8 Å². The molecule has 0 fully saturated rings. The normalized spacial score (nSPS) is 10.4. The van der Waals surface area contributed by atoms with Crippen LogP contribution in [0.5, 0.6) is 11.5 Å². The highest BCUT2D eigenvalue weighted by Crippen LogP contribution is 2.24. The minimum absolute atomic E-state index is 0.0476. The molecule has 0 radical (unpaired) electrons. The van der Waals surface area contributed by atoms with Crippen LogP contribution in [0.15, 0.2) is 60.8 Å². The summed E-state index contributed by atoms with van der Waals surface area (Å²) in [5.74, 6) is 1.48. The second kappa shape index (κ2) is 5.13. The molecule has 3 rings (SSSR count). The lowest BCUT2D eigenvalue weighted by molar-refractivity contribution is 0.101. The van der Waals surface area contributed by atoms with Gasteiger partial charge in [-0.05, 0) is 49.4 Å². The Morgan fingerprint density at radius 3 is 2.50 bits per heavy atom. The summed E-state index contributed by atoms with van der Waals surface area (Å²) in [6.45, 7) is 1.55. The fourth-order valence-electron chi connectivity index (χ4n) is 2.00. The van der Waals surface area contributed by atoms with Crippen molar-refractivity contribution in [1.29, 1.82) is 0 Å². The molecule has 1 aromatic heterocycles. The zero-order chi connectivity index (χ0) is 13.9. The van der Waals surface area contributed by atoms with Crippen LogP contribution in [-0.2, 0) is 0 Å². The summed E-state index contributed by atoms with van der Waals surface area (Å²) >= 11 is 0. The number of aromatic nitrogens is 1. The summed E-state index contributed by atoms with van der Waals surface area (Å²) in [5.41, 5.74) is 1.57. The highest BCUT2D eigenvalue weighted by molar-refractivity contribution is 5.94. The number of fused-ring (bicyclic) bond motifs is 1. The SMILES string of the molecule is CC(=O)c1ccc(Oc2ccc3cccnc3c2)cc1. The van der Waals surface area contributed by atoms with E-state index in [0.717, 1.165) is 16.7 Å². The largest absolute Gasteiger partial charge is 0.457 e. The monoisotopic (exact) mass is 263 g/mol.